The molecule has 1 fully saturated rings. The van der Waals surface area contributed by atoms with Gasteiger partial charge < -0.3 is 20.7 Å². The standard InChI is InChI=1S/C19H29N3O3/c1-2-6-15-7-5-12-22(13-10-15)19(24)21-16-8-3-4-9-17(16)25-14-11-18(20)23/h3-4,8-9,15H,2,5-7,10-14H2,1H3,(H2,20,23)(H,21,24)/t15-/m0/s1. The number of para-hydroxylation sites is 2. The highest BCUT2D eigenvalue weighted by molar-refractivity contribution is 5.91. The van der Waals surface area contributed by atoms with Crippen molar-refractivity contribution in [3.05, 3.63) is 24.3 Å². The summed E-state index contributed by atoms with van der Waals surface area (Å²) in [6.45, 7) is 3.99. The topological polar surface area (TPSA) is 84.7 Å². The number of hydrogen-bond acceptors (Lipinski definition) is 3. The largest absolute Gasteiger partial charge is 0.491 e. The lowest BCUT2D eigenvalue weighted by Gasteiger charge is -2.22. The Hall–Kier alpha value is -2.24. The van der Waals surface area contributed by atoms with Crippen molar-refractivity contribution in [1.29, 1.82) is 0 Å². The van der Waals surface area contributed by atoms with Gasteiger partial charge in [0.15, 0.2) is 0 Å². The molecule has 0 saturated carbocycles. The maximum absolute atomic E-state index is 12.6. The number of urea groups is 1. The van der Waals surface area contributed by atoms with Gasteiger partial charge in [-0.25, -0.2) is 4.79 Å². The normalized spacial score (nSPS) is 17.6. The van der Waals surface area contributed by atoms with Crippen LogP contribution in [0.4, 0.5) is 10.5 Å². The Balaban J connectivity index is 1.92. The lowest BCUT2D eigenvalue weighted by Crippen LogP contribution is -2.35. The van der Waals surface area contributed by atoms with Crippen molar-refractivity contribution in [1.82, 2.24) is 4.90 Å². The molecule has 1 atom stereocenters. The van der Waals surface area contributed by atoms with Crippen molar-refractivity contribution in [2.45, 2.75) is 45.4 Å². The molecule has 0 aliphatic carbocycles. The monoisotopic (exact) mass is 347 g/mol. The second-order valence-corrected chi connectivity index (χ2v) is 6.56. The zero-order chi connectivity index (χ0) is 18.1. The van der Waals surface area contributed by atoms with Crippen molar-refractivity contribution < 1.29 is 14.3 Å². The summed E-state index contributed by atoms with van der Waals surface area (Å²) in [5.74, 6) is 0.871. The van der Waals surface area contributed by atoms with Gasteiger partial charge in [0.05, 0.1) is 18.7 Å². The van der Waals surface area contributed by atoms with E-state index in [0.29, 0.717) is 11.4 Å². The Bertz CT molecular complexity index is 577. The molecular weight excluding hydrogens is 318 g/mol. The SMILES string of the molecule is CCC[C@H]1CCCN(C(=O)Nc2ccccc2OCCC(N)=O)CC1. The molecule has 3 amide bonds. The second kappa shape index (κ2) is 9.91. The molecule has 25 heavy (non-hydrogen) atoms. The maximum atomic E-state index is 12.6. The van der Waals surface area contributed by atoms with Crippen LogP contribution in [0.15, 0.2) is 24.3 Å². The van der Waals surface area contributed by atoms with E-state index in [2.05, 4.69) is 12.2 Å². The lowest BCUT2D eigenvalue weighted by atomic mass is 9.96. The van der Waals surface area contributed by atoms with Crippen LogP contribution in [0.25, 0.3) is 0 Å². The zero-order valence-corrected chi connectivity index (χ0v) is 15.0. The third-order valence-electron chi connectivity index (χ3n) is 4.57. The number of primary amides is 1. The van der Waals surface area contributed by atoms with Crippen LogP contribution in [0.2, 0.25) is 0 Å². The van der Waals surface area contributed by atoms with E-state index in [-0.39, 0.29) is 19.1 Å². The minimum atomic E-state index is -0.410. The summed E-state index contributed by atoms with van der Waals surface area (Å²) in [6, 6.07) is 7.15. The fourth-order valence-electron chi connectivity index (χ4n) is 3.22. The molecule has 0 aromatic heterocycles. The average molecular weight is 347 g/mol. The summed E-state index contributed by atoms with van der Waals surface area (Å²) in [5.41, 5.74) is 5.74. The Morgan fingerprint density at radius 1 is 1.28 bits per heavy atom. The van der Waals surface area contributed by atoms with Gasteiger partial charge in [-0.2, -0.15) is 0 Å². The zero-order valence-electron chi connectivity index (χ0n) is 15.0. The van der Waals surface area contributed by atoms with Gasteiger partial charge in [-0.05, 0) is 37.3 Å². The van der Waals surface area contributed by atoms with Crippen LogP contribution < -0.4 is 15.8 Å². The molecule has 1 aromatic carbocycles. The molecule has 2 rings (SSSR count). The van der Waals surface area contributed by atoms with Gasteiger partial charge in [0, 0.05) is 13.1 Å². The van der Waals surface area contributed by atoms with Crippen LogP contribution in [-0.4, -0.2) is 36.5 Å². The van der Waals surface area contributed by atoms with E-state index in [1.54, 1.807) is 12.1 Å². The molecule has 0 bridgehead atoms. The highest BCUT2D eigenvalue weighted by atomic mass is 16.5. The van der Waals surface area contributed by atoms with Gasteiger partial charge in [-0.15, -0.1) is 0 Å². The summed E-state index contributed by atoms with van der Waals surface area (Å²) in [4.78, 5) is 25.3. The predicted octanol–water partition coefficient (Wildman–Crippen LogP) is 3.37. The van der Waals surface area contributed by atoms with Crippen LogP contribution in [0.1, 0.15) is 45.4 Å². The van der Waals surface area contributed by atoms with E-state index >= 15 is 0 Å². The fourth-order valence-corrected chi connectivity index (χ4v) is 3.22. The van der Waals surface area contributed by atoms with Crippen molar-refractivity contribution in [2.24, 2.45) is 11.7 Å². The number of carbonyl (C=O) groups is 2. The molecule has 1 aliphatic rings. The molecule has 1 aliphatic heterocycles. The van der Waals surface area contributed by atoms with Crippen molar-refractivity contribution in [2.75, 3.05) is 25.0 Å². The van der Waals surface area contributed by atoms with Crippen LogP contribution in [0.3, 0.4) is 0 Å². The third-order valence-corrected chi connectivity index (χ3v) is 4.57. The first-order valence-corrected chi connectivity index (χ1v) is 9.16. The number of hydrogen-bond donors (Lipinski definition) is 2. The van der Waals surface area contributed by atoms with Crippen LogP contribution >= 0.6 is 0 Å². The number of carbonyl (C=O) groups excluding carboxylic acids is 2. The summed E-state index contributed by atoms with van der Waals surface area (Å²) in [6.07, 6.45) is 5.91. The number of benzene rings is 1. The number of nitrogens with two attached hydrogens (primary N) is 1. The number of likely N-dealkylation sites (tertiary alicyclic amines) is 1. The van der Waals surface area contributed by atoms with E-state index in [4.69, 9.17) is 10.5 Å². The van der Waals surface area contributed by atoms with E-state index in [1.807, 2.05) is 17.0 Å². The quantitative estimate of drug-likeness (QED) is 0.793. The molecule has 138 valence electrons. The predicted molar refractivity (Wildman–Crippen MR) is 98.6 cm³/mol. The average Bonchev–Trinajstić information content (AvgIpc) is 2.82. The third kappa shape index (κ3) is 6.29. The number of anilines is 1. The number of nitrogens with one attached hydrogen (secondary N) is 1. The maximum Gasteiger partial charge on any atom is 0.321 e. The molecule has 6 nitrogen and oxygen atoms in total. The first kappa shape index (κ1) is 19.1. The molecular formula is C19H29N3O3. The number of nitrogens with zero attached hydrogens (tertiary/aromatic N) is 1. The number of rotatable bonds is 7. The molecule has 0 spiro atoms. The lowest BCUT2D eigenvalue weighted by molar-refractivity contribution is -0.118. The summed E-state index contributed by atoms with van der Waals surface area (Å²) < 4.78 is 5.58. The molecule has 1 saturated heterocycles. The Morgan fingerprint density at radius 2 is 2.08 bits per heavy atom. The Labute approximate surface area is 149 Å². The second-order valence-electron chi connectivity index (χ2n) is 6.56. The summed E-state index contributed by atoms with van der Waals surface area (Å²) >= 11 is 0. The number of amides is 3. The molecule has 0 unspecified atom stereocenters. The minimum Gasteiger partial charge on any atom is -0.491 e. The van der Waals surface area contributed by atoms with Gasteiger partial charge >= 0.3 is 6.03 Å². The highest BCUT2D eigenvalue weighted by Gasteiger charge is 2.21. The molecule has 1 heterocycles. The van der Waals surface area contributed by atoms with E-state index in [1.165, 1.54) is 19.3 Å². The van der Waals surface area contributed by atoms with Gasteiger partial charge in [-0.3, -0.25) is 4.79 Å². The first-order chi connectivity index (χ1) is 12.1. The van der Waals surface area contributed by atoms with E-state index in [0.717, 1.165) is 31.8 Å². The smallest absolute Gasteiger partial charge is 0.321 e. The van der Waals surface area contributed by atoms with Crippen LogP contribution in [-0.2, 0) is 4.79 Å². The first-order valence-electron chi connectivity index (χ1n) is 9.16. The van der Waals surface area contributed by atoms with E-state index < -0.39 is 5.91 Å². The Kier molecular flexibility index (Phi) is 7.57. The van der Waals surface area contributed by atoms with Gasteiger partial charge in [-0.1, -0.05) is 31.9 Å². The fraction of sp³-hybridized carbons (Fsp3) is 0.579. The molecule has 6 heteroatoms. The van der Waals surface area contributed by atoms with Crippen molar-refractivity contribution in [3.8, 4) is 5.75 Å². The molecule has 1 aromatic rings. The van der Waals surface area contributed by atoms with Gasteiger partial charge in [0.1, 0.15) is 5.75 Å². The van der Waals surface area contributed by atoms with Gasteiger partial charge in [0.25, 0.3) is 0 Å². The van der Waals surface area contributed by atoms with Crippen LogP contribution in [0.5, 0.6) is 5.75 Å². The minimum absolute atomic E-state index is 0.0944. The van der Waals surface area contributed by atoms with E-state index in [9.17, 15) is 9.59 Å². The molecule has 3 N–H and O–H groups in total. The van der Waals surface area contributed by atoms with Crippen LogP contribution in [0, 0.1) is 5.92 Å². The number of ether oxygens (including phenoxy) is 1. The van der Waals surface area contributed by atoms with Crippen molar-refractivity contribution in [3.63, 3.8) is 0 Å². The highest BCUT2D eigenvalue weighted by Crippen LogP contribution is 2.26. The summed E-state index contributed by atoms with van der Waals surface area (Å²) in [7, 11) is 0. The van der Waals surface area contributed by atoms with Gasteiger partial charge in [0.2, 0.25) is 5.91 Å². The molecule has 0 radical (unpaired) electrons. The Morgan fingerprint density at radius 3 is 2.84 bits per heavy atom. The summed E-state index contributed by atoms with van der Waals surface area (Å²) in [5, 5.41) is 2.94. The van der Waals surface area contributed by atoms with Crippen molar-refractivity contribution >= 4 is 17.6 Å².